The van der Waals surface area contributed by atoms with Crippen LogP contribution in [0.4, 0.5) is 0 Å². The monoisotopic (exact) mass is 353 g/mol. The second-order valence-corrected chi connectivity index (χ2v) is 6.11. The molecule has 1 saturated heterocycles. The molecule has 5 nitrogen and oxygen atoms in total. The third-order valence-corrected chi connectivity index (χ3v) is 4.03. The Kier molecular flexibility index (Phi) is 6.20. The van der Waals surface area contributed by atoms with Gasteiger partial charge in [0.15, 0.2) is 0 Å². The maximum atomic E-state index is 11.9. The smallest absolute Gasteiger partial charge is 0.251 e. The van der Waals surface area contributed by atoms with Crippen LogP contribution in [0.3, 0.4) is 0 Å². The number of rotatable bonds is 6. The lowest BCUT2D eigenvalue weighted by molar-refractivity contribution is -0.120. The van der Waals surface area contributed by atoms with Crippen molar-refractivity contribution in [3.63, 3.8) is 0 Å². The molecule has 2 amide bonds. The van der Waals surface area contributed by atoms with Crippen LogP contribution in [0.15, 0.2) is 28.7 Å². The summed E-state index contributed by atoms with van der Waals surface area (Å²) in [6.45, 7) is 2.78. The molecule has 2 rings (SSSR count). The van der Waals surface area contributed by atoms with Crippen LogP contribution in [0.2, 0.25) is 0 Å². The van der Waals surface area contributed by atoms with Gasteiger partial charge in [-0.2, -0.15) is 0 Å². The highest BCUT2D eigenvalue weighted by Crippen LogP contribution is 2.11. The van der Waals surface area contributed by atoms with Crippen molar-refractivity contribution in [3.8, 4) is 0 Å². The number of benzene rings is 1. The molecule has 0 aliphatic carbocycles. The van der Waals surface area contributed by atoms with Crippen molar-refractivity contribution in [3.05, 3.63) is 34.3 Å². The van der Waals surface area contributed by atoms with Crippen LogP contribution in [-0.4, -0.2) is 38.0 Å². The fraction of sp³-hybridized carbons (Fsp3) is 0.467. The molecule has 1 fully saturated rings. The van der Waals surface area contributed by atoms with Crippen LogP contribution in [0, 0.1) is 5.92 Å². The lowest BCUT2D eigenvalue weighted by Gasteiger charge is -2.10. The van der Waals surface area contributed by atoms with Crippen molar-refractivity contribution < 1.29 is 9.59 Å². The summed E-state index contributed by atoms with van der Waals surface area (Å²) < 4.78 is 0.838. The molecular weight excluding hydrogens is 334 g/mol. The molecule has 1 heterocycles. The van der Waals surface area contributed by atoms with Gasteiger partial charge in [0, 0.05) is 16.6 Å². The zero-order chi connectivity index (χ0) is 15.1. The molecule has 1 aromatic rings. The highest BCUT2D eigenvalue weighted by Gasteiger charge is 2.14. The number of hydrogen-bond acceptors (Lipinski definition) is 3. The summed E-state index contributed by atoms with van der Waals surface area (Å²) in [5.74, 6) is 0.261. The van der Waals surface area contributed by atoms with Crippen LogP contribution >= 0.6 is 15.9 Å². The Morgan fingerprint density at radius 1 is 1.33 bits per heavy atom. The van der Waals surface area contributed by atoms with Crippen molar-refractivity contribution in [1.29, 1.82) is 0 Å². The molecule has 1 unspecified atom stereocenters. The Labute approximate surface area is 133 Å². The molecule has 0 bridgehead atoms. The van der Waals surface area contributed by atoms with Crippen molar-refractivity contribution >= 4 is 27.7 Å². The van der Waals surface area contributed by atoms with Crippen LogP contribution in [0.5, 0.6) is 0 Å². The van der Waals surface area contributed by atoms with Gasteiger partial charge in [0.05, 0.1) is 6.54 Å². The normalized spacial score (nSPS) is 17.5. The highest BCUT2D eigenvalue weighted by atomic mass is 79.9. The van der Waals surface area contributed by atoms with Crippen molar-refractivity contribution in [2.45, 2.75) is 12.8 Å². The van der Waals surface area contributed by atoms with Crippen LogP contribution in [0.25, 0.3) is 0 Å². The Bertz CT molecular complexity index is 501. The van der Waals surface area contributed by atoms with E-state index < -0.39 is 0 Å². The van der Waals surface area contributed by atoms with E-state index in [0.717, 1.165) is 24.0 Å². The molecule has 1 aromatic carbocycles. The van der Waals surface area contributed by atoms with Gasteiger partial charge in [0.1, 0.15) is 0 Å². The Hall–Kier alpha value is -1.40. The van der Waals surface area contributed by atoms with Crippen LogP contribution in [-0.2, 0) is 4.79 Å². The predicted octanol–water partition coefficient (Wildman–Crippen LogP) is 1.29. The van der Waals surface area contributed by atoms with E-state index in [1.807, 2.05) is 6.07 Å². The van der Waals surface area contributed by atoms with Gasteiger partial charge in [0.2, 0.25) is 5.91 Å². The topological polar surface area (TPSA) is 70.2 Å². The number of carbonyl (C=O) groups excluding carboxylic acids is 2. The van der Waals surface area contributed by atoms with Crippen LogP contribution < -0.4 is 16.0 Å². The van der Waals surface area contributed by atoms with E-state index in [4.69, 9.17) is 0 Å². The molecule has 1 aliphatic rings. The summed E-state index contributed by atoms with van der Waals surface area (Å²) in [6, 6.07) is 7.07. The number of halogens is 1. The van der Waals surface area contributed by atoms with Gasteiger partial charge in [0.25, 0.3) is 5.91 Å². The van der Waals surface area contributed by atoms with E-state index in [1.165, 1.54) is 6.42 Å². The fourth-order valence-corrected chi connectivity index (χ4v) is 2.73. The first-order chi connectivity index (χ1) is 10.1. The maximum absolute atomic E-state index is 11.9. The average Bonchev–Trinajstić information content (AvgIpc) is 2.98. The Morgan fingerprint density at radius 2 is 2.19 bits per heavy atom. The zero-order valence-electron chi connectivity index (χ0n) is 11.8. The molecule has 6 heteroatoms. The lowest BCUT2D eigenvalue weighted by Crippen LogP contribution is -2.37. The van der Waals surface area contributed by atoms with Crippen molar-refractivity contribution in [2.24, 2.45) is 5.92 Å². The second-order valence-electron chi connectivity index (χ2n) is 5.19. The van der Waals surface area contributed by atoms with E-state index in [2.05, 4.69) is 31.9 Å². The Balaban J connectivity index is 1.65. The number of amides is 2. The fourth-order valence-electron chi connectivity index (χ4n) is 2.33. The van der Waals surface area contributed by atoms with Crippen molar-refractivity contribution in [1.82, 2.24) is 16.0 Å². The number of nitrogens with one attached hydrogen (secondary N) is 3. The molecule has 0 spiro atoms. The lowest BCUT2D eigenvalue weighted by atomic mass is 10.1. The summed E-state index contributed by atoms with van der Waals surface area (Å²) in [7, 11) is 0. The quantitative estimate of drug-likeness (QED) is 0.721. The van der Waals surface area contributed by atoms with Crippen molar-refractivity contribution in [2.75, 3.05) is 26.2 Å². The van der Waals surface area contributed by atoms with E-state index in [9.17, 15) is 9.59 Å². The first-order valence-corrected chi connectivity index (χ1v) is 7.95. The summed E-state index contributed by atoms with van der Waals surface area (Å²) in [4.78, 5) is 23.5. The van der Waals surface area contributed by atoms with E-state index in [1.54, 1.807) is 18.2 Å². The largest absolute Gasteiger partial charge is 0.355 e. The first-order valence-electron chi connectivity index (χ1n) is 7.16. The third-order valence-electron chi connectivity index (χ3n) is 3.53. The van der Waals surface area contributed by atoms with E-state index in [0.29, 0.717) is 18.0 Å². The molecule has 114 valence electrons. The minimum absolute atomic E-state index is 0.00820. The Morgan fingerprint density at radius 3 is 2.90 bits per heavy atom. The van der Waals surface area contributed by atoms with Gasteiger partial charge >= 0.3 is 0 Å². The number of hydrogen-bond donors (Lipinski definition) is 3. The molecule has 0 aromatic heterocycles. The van der Waals surface area contributed by atoms with Gasteiger partial charge in [-0.05, 0) is 50.0 Å². The minimum Gasteiger partial charge on any atom is -0.355 e. The first kappa shape index (κ1) is 16.0. The summed E-state index contributed by atoms with van der Waals surface area (Å²) in [6.07, 6.45) is 2.16. The summed E-state index contributed by atoms with van der Waals surface area (Å²) in [5, 5.41) is 8.76. The standard InChI is InChI=1S/C15H20BrN3O2/c16-13-3-1-2-12(8-13)15(21)19-10-14(20)18-7-5-11-4-6-17-9-11/h1-3,8,11,17H,4-7,9-10H2,(H,18,20)(H,19,21). The second kappa shape index (κ2) is 8.14. The molecule has 0 saturated carbocycles. The van der Waals surface area contributed by atoms with Gasteiger partial charge in [-0.25, -0.2) is 0 Å². The predicted molar refractivity (Wildman–Crippen MR) is 85.1 cm³/mol. The maximum Gasteiger partial charge on any atom is 0.251 e. The molecule has 1 atom stereocenters. The van der Waals surface area contributed by atoms with Crippen LogP contribution in [0.1, 0.15) is 23.2 Å². The molecule has 21 heavy (non-hydrogen) atoms. The van der Waals surface area contributed by atoms with Gasteiger partial charge in [-0.1, -0.05) is 22.0 Å². The van der Waals surface area contributed by atoms with Gasteiger partial charge < -0.3 is 16.0 Å². The highest BCUT2D eigenvalue weighted by molar-refractivity contribution is 9.10. The average molecular weight is 354 g/mol. The number of carbonyl (C=O) groups is 2. The van der Waals surface area contributed by atoms with Gasteiger partial charge in [-0.3, -0.25) is 9.59 Å². The summed E-state index contributed by atoms with van der Waals surface area (Å²) >= 11 is 3.31. The van der Waals surface area contributed by atoms with E-state index in [-0.39, 0.29) is 18.4 Å². The molecule has 1 aliphatic heterocycles. The zero-order valence-corrected chi connectivity index (χ0v) is 13.4. The molecule has 3 N–H and O–H groups in total. The minimum atomic E-state index is -0.244. The third kappa shape index (κ3) is 5.47. The van der Waals surface area contributed by atoms with Gasteiger partial charge in [-0.15, -0.1) is 0 Å². The SMILES string of the molecule is O=C(CNC(=O)c1cccc(Br)c1)NCCC1CCNC1. The molecular formula is C15H20BrN3O2. The molecule has 0 radical (unpaired) electrons. The van der Waals surface area contributed by atoms with E-state index >= 15 is 0 Å². The summed E-state index contributed by atoms with van der Waals surface area (Å²) in [5.41, 5.74) is 0.536.